The number of para-hydroxylation sites is 1. The van der Waals surface area contributed by atoms with Crippen molar-refractivity contribution in [1.82, 2.24) is 0 Å². The number of aliphatic carboxylic acids is 1. The van der Waals surface area contributed by atoms with E-state index in [9.17, 15) is 4.79 Å². The molecule has 0 amide bonds. The molecule has 16 heavy (non-hydrogen) atoms. The number of nitrogen functional groups attached to an aromatic ring is 1. The van der Waals surface area contributed by atoms with Gasteiger partial charge in [-0.1, -0.05) is 18.2 Å². The molecule has 1 rings (SSSR count). The van der Waals surface area contributed by atoms with Crippen LogP contribution >= 0.6 is 0 Å². The zero-order valence-corrected chi connectivity index (χ0v) is 9.44. The number of anilines is 1. The smallest absolute Gasteiger partial charge is 0.310 e. The lowest BCUT2D eigenvalue weighted by Crippen LogP contribution is -2.36. The van der Waals surface area contributed by atoms with E-state index in [0.717, 1.165) is 5.56 Å². The van der Waals surface area contributed by atoms with Crippen LogP contribution in [0.4, 0.5) is 5.69 Å². The van der Waals surface area contributed by atoms with Crippen molar-refractivity contribution in [2.45, 2.75) is 19.8 Å². The average Bonchev–Trinajstić information content (AvgIpc) is 2.27. The highest BCUT2D eigenvalue weighted by Gasteiger charge is 2.31. The van der Waals surface area contributed by atoms with Crippen molar-refractivity contribution in [3.8, 4) is 0 Å². The van der Waals surface area contributed by atoms with Crippen molar-refractivity contribution >= 4 is 11.7 Å². The molecule has 88 valence electrons. The van der Waals surface area contributed by atoms with E-state index in [4.69, 9.17) is 16.6 Å². The van der Waals surface area contributed by atoms with E-state index in [-0.39, 0.29) is 6.54 Å². The van der Waals surface area contributed by atoms with Crippen molar-refractivity contribution in [2.75, 3.05) is 12.3 Å². The molecule has 5 N–H and O–H groups in total. The Balaban J connectivity index is 2.71. The van der Waals surface area contributed by atoms with Gasteiger partial charge in [0.25, 0.3) is 0 Å². The van der Waals surface area contributed by atoms with Crippen LogP contribution in [0, 0.1) is 5.41 Å². The first-order valence-electron chi connectivity index (χ1n) is 5.26. The molecular weight excluding hydrogens is 204 g/mol. The SMILES string of the molecule is CC(CN)(CCc1ccccc1N)C(=O)O. The molecule has 0 aromatic heterocycles. The third-order valence-electron chi connectivity index (χ3n) is 2.97. The van der Waals surface area contributed by atoms with Crippen LogP contribution < -0.4 is 11.5 Å². The van der Waals surface area contributed by atoms with E-state index in [1.54, 1.807) is 6.92 Å². The van der Waals surface area contributed by atoms with Crippen LogP contribution in [0.5, 0.6) is 0 Å². The predicted octanol–water partition coefficient (Wildman–Crippen LogP) is 1.25. The fraction of sp³-hybridized carbons (Fsp3) is 0.417. The van der Waals surface area contributed by atoms with E-state index in [1.807, 2.05) is 24.3 Å². The number of aryl methyl sites for hydroxylation is 1. The summed E-state index contributed by atoms with van der Waals surface area (Å²) in [6.45, 7) is 1.80. The van der Waals surface area contributed by atoms with Crippen LogP contribution in [0.25, 0.3) is 0 Å². The fourth-order valence-electron chi connectivity index (χ4n) is 1.47. The maximum atomic E-state index is 11.0. The van der Waals surface area contributed by atoms with Gasteiger partial charge in [-0.25, -0.2) is 0 Å². The van der Waals surface area contributed by atoms with E-state index in [0.29, 0.717) is 18.5 Å². The number of nitrogens with two attached hydrogens (primary N) is 2. The zero-order valence-electron chi connectivity index (χ0n) is 9.44. The van der Waals surface area contributed by atoms with Crippen molar-refractivity contribution < 1.29 is 9.90 Å². The fourth-order valence-corrected chi connectivity index (χ4v) is 1.47. The molecule has 1 atom stereocenters. The van der Waals surface area contributed by atoms with Crippen molar-refractivity contribution in [3.05, 3.63) is 29.8 Å². The van der Waals surface area contributed by atoms with Crippen LogP contribution in [-0.4, -0.2) is 17.6 Å². The first-order chi connectivity index (χ1) is 7.49. The molecule has 0 bridgehead atoms. The molecule has 0 aliphatic heterocycles. The lowest BCUT2D eigenvalue weighted by molar-refractivity contribution is -0.147. The first-order valence-corrected chi connectivity index (χ1v) is 5.26. The summed E-state index contributed by atoms with van der Waals surface area (Å²) < 4.78 is 0. The van der Waals surface area contributed by atoms with Gasteiger partial charge in [0.15, 0.2) is 0 Å². The molecule has 1 aromatic rings. The van der Waals surface area contributed by atoms with Crippen LogP contribution in [0.3, 0.4) is 0 Å². The van der Waals surface area contributed by atoms with Gasteiger partial charge in [-0.15, -0.1) is 0 Å². The minimum Gasteiger partial charge on any atom is -0.481 e. The monoisotopic (exact) mass is 222 g/mol. The van der Waals surface area contributed by atoms with Gasteiger partial charge in [0.2, 0.25) is 0 Å². The second-order valence-electron chi connectivity index (χ2n) is 4.27. The summed E-state index contributed by atoms with van der Waals surface area (Å²) >= 11 is 0. The van der Waals surface area contributed by atoms with Gasteiger partial charge in [0.1, 0.15) is 0 Å². The van der Waals surface area contributed by atoms with Crippen LogP contribution in [0.2, 0.25) is 0 Å². The molecule has 0 aliphatic rings. The summed E-state index contributed by atoms with van der Waals surface area (Å²) in [4.78, 5) is 11.0. The Morgan fingerprint density at radius 1 is 1.44 bits per heavy atom. The number of rotatable bonds is 5. The van der Waals surface area contributed by atoms with Crippen molar-refractivity contribution in [2.24, 2.45) is 11.1 Å². The molecule has 0 radical (unpaired) electrons. The molecule has 0 spiro atoms. The molecule has 4 heteroatoms. The molecule has 0 fully saturated rings. The Labute approximate surface area is 95.3 Å². The van der Waals surface area contributed by atoms with E-state index >= 15 is 0 Å². The molecule has 0 aliphatic carbocycles. The van der Waals surface area contributed by atoms with Crippen LogP contribution in [-0.2, 0) is 11.2 Å². The Bertz CT molecular complexity index is 379. The summed E-state index contributed by atoms with van der Waals surface area (Å²) in [5.41, 5.74) is 12.1. The van der Waals surface area contributed by atoms with Gasteiger partial charge in [-0.05, 0) is 31.4 Å². The summed E-state index contributed by atoms with van der Waals surface area (Å²) in [7, 11) is 0. The lowest BCUT2D eigenvalue weighted by Gasteiger charge is -2.22. The summed E-state index contributed by atoms with van der Waals surface area (Å²) in [5.74, 6) is -0.857. The van der Waals surface area contributed by atoms with Gasteiger partial charge in [0, 0.05) is 12.2 Å². The van der Waals surface area contributed by atoms with Gasteiger partial charge < -0.3 is 16.6 Å². The molecule has 4 nitrogen and oxygen atoms in total. The number of hydrogen-bond donors (Lipinski definition) is 3. The molecule has 0 heterocycles. The number of carboxylic acids is 1. The number of carboxylic acid groups (broad SMARTS) is 1. The van der Waals surface area contributed by atoms with E-state index < -0.39 is 11.4 Å². The van der Waals surface area contributed by atoms with Crippen LogP contribution in [0.1, 0.15) is 18.9 Å². The number of benzene rings is 1. The number of hydrogen-bond acceptors (Lipinski definition) is 3. The third kappa shape index (κ3) is 2.73. The van der Waals surface area contributed by atoms with Gasteiger partial charge in [0.05, 0.1) is 5.41 Å². The second kappa shape index (κ2) is 4.99. The highest BCUT2D eigenvalue weighted by Crippen LogP contribution is 2.24. The largest absolute Gasteiger partial charge is 0.481 e. The maximum Gasteiger partial charge on any atom is 0.310 e. The van der Waals surface area contributed by atoms with E-state index in [1.165, 1.54) is 0 Å². The average molecular weight is 222 g/mol. The van der Waals surface area contributed by atoms with Gasteiger partial charge in [-0.3, -0.25) is 4.79 Å². The Kier molecular flexibility index (Phi) is 3.90. The van der Waals surface area contributed by atoms with Crippen LogP contribution in [0.15, 0.2) is 24.3 Å². The van der Waals surface area contributed by atoms with Gasteiger partial charge >= 0.3 is 5.97 Å². The lowest BCUT2D eigenvalue weighted by atomic mass is 9.84. The molecule has 1 aromatic carbocycles. The molecule has 0 saturated carbocycles. The number of carbonyl (C=O) groups is 1. The zero-order chi connectivity index (χ0) is 12.2. The van der Waals surface area contributed by atoms with Gasteiger partial charge in [-0.2, -0.15) is 0 Å². The topological polar surface area (TPSA) is 89.3 Å². The summed E-state index contributed by atoms with van der Waals surface area (Å²) in [5, 5.41) is 9.07. The highest BCUT2D eigenvalue weighted by atomic mass is 16.4. The maximum absolute atomic E-state index is 11.0. The Morgan fingerprint density at radius 2 is 2.06 bits per heavy atom. The molecule has 0 saturated heterocycles. The highest BCUT2D eigenvalue weighted by molar-refractivity contribution is 5.74. The van der Waals surface area contributed by atoms with E-state index in [2.05, 4.69) is 0 Å². The normalized spacial score (nSPS) is 14.4. The minimum absolute atomic E-state index is 0.134. The first kappa shape index (κ1) is 12.5. The standard InChI is InChI=1S/C12H18N2O2/c1-12(8-13,11(15)16)7-6-9-4-2-3-5-10(9)14/h2-5H,6-8,13-14H2,1H3,(H,15,16). The quantitative estimate of drug-likeness (QED) is 0.654. The predicted molar refractivity (Wildman–Crippen MR) is 64.0 cm³/mol. The third-order valence-corrected chi connectivity index (χ3v) is 2.97. The molecule has 1 unspecified atom stereocenters. The second-order valence-corrected chi connectivity index (χ2v) is 4.27. The van der Waals surface area contributed by atoms with Crippen molar-refractivity contribution in [1.29, 1.82) is 0 Å². The minimum atomic E-state index is -0.873. The molecular formula is C12H18N2O2. The summed E-state index contributed by atoms with van der Waals surface area (Å²) in [6, 6.07) is 7.48. The van der Waals surface area contributed by atoms with Crippen molar-refractivity contribution in [3.63, 3.8) is 0 Å². The summed E-state index contributed by atoms with van der Waals surface area (Å²) in [6.07, 6.45) is 1.12. The Hall–Kier alpha value is -1.55. The Morgan fingerprint density at radius 3 is 2.56 bits per heavy atom.